The fourth-order valence-corrected chi connectivity index (χ4v) is 2.32. The highest BCUT2D eigenvalue weighted by Gasteiger charge is 2.17. The first-order valence-electron chi connectivity index (χ1n) is 8.28. The number of ether oxygens (including phenoxy) is 1. The van der Waals surface area contributed by atoms with Gasteiger partial charge in [0.15, 0.2) is 17.7 Å². The minimum atomic E-state index is -1.07. The second kappa shape index (κ2) is 8.25. The van der Waals surface area contributed by atoms with Crippen LogP contribution >= 0.6 is 0 Å². The standard InChI is InChI=1S/C18H16FN5O4/c1-11(28-15-9-5-3-7-13(15)19)17(26)22-21-16(25)10-24-18(27)12-6-2-4-8-14(12)20-23-24/h2-9,11H,10H2,1H3,(H,21,25)(H,22,26). The molecule has 0 saturated carbocycles. The maximum atomic E-state index is 13.5. The lowest BCUT2D eigenvalue weighted by molar-refractivity contribution is -0.133. The average molecular weight is 385 g/mol. The van der Waals surface area contributed by atoms with E-state index in [2.05, 4.69) is 21.2 Å². The van der Waals surface area contributed by atoms with Gasteiger partial charge in [-0.1, -0.05) is 29.5 Å². The van der Waals surface area contributed by atoms with Crippen molar-refractivity contribution < 1.29 is 18.7 Å². The van der Waals surface area contributed by atoms with E-state index in [0.29, 0.717) is 10.9 Å². The molecule has 28 heavy (non-hydrogen) atoms. The molecule has 0 saturated heterocycles. The molecule has 0 radical (unpaired) electrons. The molecular weight excluding hydrogens is 369 g/mol. The number of hydrazine groups is 1. The number of hydrogen-bond donors (Lipinski definition) is 2. The van der Waals surface area contributed by atoms with E-state index in [4.69, 9.17) is 4.74 Å². The van der Waals surface area contributed by atoms with Crippen molar-refractivity contribution in [3.05, 3.63) is 64.7 Å². The van der Waals surface area contributed by atoms with E-state index in [1.165, 1.54) is 25.1 Å². The number of nitrogens with one attached hydrogen (secondary N) is 2. The summed E-state index contributed by atoms with van der Waals surface area (Å²) in [6.45, 7) is 0.951. The van der Waals surface area contributed by atoms with Crippen LogP contribution in [-0.4, -0.2) is 32.9 Å². The second-order valence-electron chi connectivity index (χ2n) is 5.80. The van der Waals surface area contributed by atoms with Crippen LogP contribution in [0.25, 0.3) is 10.9 Å². The molecule has 2 N–H and O–H groups in total. The van der Waals surface area contributed by atoms with Crippen LogP contribution in [0.15, 0.2) is 53.3 Å². The molecule has 1 heterocycles. The van der Waals surface area contributed by atoms with Crippen molar-refractivity contribution in [3.8, 4) is 5.75 Å². The third kappa shape index (κ3) is 4.29. The quantitative estimate of drug-likeness (QED) is 0.620. The van der Waals surface area contributed by atoms with Gasteiger partial charge in [0.25, 0.3) is 17.4 Å². The highest BCUT2D eigenvalue weighted by atomic mass is 19.1. The van der Waals surface area contributed by atoms with E-state index >= 15 is 0 Å². The molecule has 0 bridgehead atoms. The summed E-state index contributed by atoms with van der Waals surface area (Å²) in [6, 6.07) is 12.2. The number of fused-ring (bicyclic) bond motifs is 1. The smallest absolute Gasteiger partial charge is 0.279 e. The van der Waals surface area contributed by atoms with Crippen molar-refractivity contribution in [2.45, 2.75) is 19.6 Å². The fourth-order valence-electron chi connectivity index (χ4n) is 2.32. The third-order valence-electron chi connectivity index (χ3n) is 3.76. The first kappa shape index (κ1) is 19.0. The number of hydrogen-bond acceptors (Lipinski definition) is 6. The number of nitrogens with zero attached hydrogens (tertiary/aromatic N) is 3. The van der Waals surface area contributed by atoms with Gasteiger partial charge in [-0.05, 0) is 31.2 Å². The lowest BCUT2D eigenvalue weighted by atomic mass is 10.2. The summed E-state index contributed by atoms with van der Waals surface area (Å²) < 4.78 is 19.6. The number of benzene rings is 2. The number of carbonyl (C=O) groups excluding carboxylic acids is 2. The van der Waals surface area contributed by atoms with Crippen LogP contribution < -0.4 is 21.1 Å². The van der Waals surface area contributed by atoms with E-state index in [9.17, 15) is 18.8 Å². The summed E-state index contributed by atoms with van der Waals surface area (Å²) in [7, 11) is 0. The normalized spacial score (nSPS) is 11.6. The molecule has 2 amide bonds. The van der Waals surface area contributed by atoms with Crippen LogP contribution in [0.1, 0.15) is 6.92 Å². The number of carbonyl (C=O) groups is 2. The molecule has 0 fully saturated rings. The maximum Gasteiger partial charge on any atom is 0.279 e. The molecule has 10 heteroatoms. The Balaban J connectivity index is 1.57. The zero-order chi connectivity index (χ0) is 20.1. The summed E-state index contributed by atoms with van der Waals surface area (Å²) in [5.74, 6) is -2.10. The Kier molecular flexibility index (Phi) is 5.58. The van der Waals surface area contributed by atoms with Gasteiger partial charge in [0.1, 0.15) is 12.1 Å². The minimum Gasteiger partial charge on any atom is -0.478 e. The van der Waals surface area contributed by atoms with Crippen LogP contribution in [0.3, 0.4) is 0 Å². The Bertz CT molecular complexity index is 1080. The van der Waals surface area contributed by atoms with Gasteiger partial charge in [0.05, 0.1) is 5.39 Å². The van der Waals surface area contributed by atoms with Crippen molar-refractivity contribution in [3.63, 3.8) is 0 Å². The highest BCUT2D eigenvalue weighted by Crippen LogP contribution is 2.16. The van der Waals surface area contributed by atoms with Crippen molar-refractivity contribution >= 4 is 22.7 Å². The second-order valence-corrected chi connectivity index (χ2v) is 5.80. The molecule has 0 aliphatic rings. The van der Waals surface area contributed by atoms with Crippen LogP contribution in [0.4, 0.5) is 4.39 Å². The van der Waals surface area contributed by atoms with Crippen LogP contribution in [0, 0.1) is 5.82 Å². The predicted octanol–water partition coefficient (Wildman–Crippen LogP) is 0.545. The molecule has 1 unspecified atom stereocenters. The molecule has 0 spiro atoms. The molecule has 0 aliphatic heterocycles. The van der Waals surface area contributed by atoms with Crippen LogP contribution in [0.2, 0.25) is 0 Å². The van der Waals surface area contributed by atoms with Gasteiger partial charge in [-0.3, -0.25) is 25.2 Å². The molecule has 9 nitrogen and oxygen atoms in total. The summed E-state index contributed by atoms with van der Waals surface area (Å²) in [6.07, 6.45) is -1.07. The summed E-state index contributed by atoms with van der Waals surface area (Å²) in [5.41, 5.74) is 4.23. The Morgan fingerprint density at radius 2 is 1.86 bits per heavy atom. The van der Waals surface area contributed by atoms with Gasteiger partial charge in [0.2, 0.25) is 0 Å². The van der Waals surface area contributed by atoms with Gasteiger partial charge in [-0.2, -0.15) is 0 Å². The Hall–Kier alpha value is -3.82. The molecule has 1 atom stereocenters. The van der Waals surface area contributed by atoms with Crippen molar-refractivity contribution in [2.24, 2.45) is 0 Å². The first-order chi connectivity index (χ1) is 13.5. The van der Waals surface area contributed by atoms with E-state index in [-0.39, 0.29) is 5.75 Å². The summed E-state index contributed by atoms with van der Waals surface area (Å²) in [5, 5.41) is 7.87. The minimum absolute atomic E-state index is 0.0885. The lowest BCUT2D eigenvalue weighted by Gasteiger charge is -2.15. The van der Waals surface area contributed by atoms with E-state index in [1.54, 1.807) is 30.3 Å². The van der Waals surface area contributed by atoms with Crippen LogP contribution in [0.5, 0.6) is 5.75 Å². The number of halogens is 1. The van der Waals surface area contributed by atoms with E-state index in [1.807, 2.05) is 0 Å². The van der Waals surface area contributed by atoms with Gasteiger partial charge in [-0.15, -0.1) is 5.10 Å². The molecule has 3 aromatic rings. The number of rotatable bonds is 5. The molecule has 3 rings (SSSR count). The number of amides is 2. The molecule has 2 aromatic carbocycles. The highest BCUT2D eigenvalue weighted by molar-refractivity contribution is 5.84. The third-order valence-corrected chi connectivity index (χ3v) is 3.76. The van der Waals surface area contributed by atoms with Crippen molar-refractivity contribution in [1.82, 2.24) is 25.8 Å². The number of para-hydroxylation sites is 1. The largest absolute Gasteiger partial charge is 0.478 e. The van der Waals surface area contributed by atoms with Gasteiger partial charge >= 0.3 is 0 Å². The van der Waals surface area contributed by atoms with E-state index in [0.717, 1.165) is 4.68 Å². The molecule has 144 valence electrons. The zero-order valence-electron chi connectivity index (χ0n) is 14.8. The van der Waals surface area contributed by atoms with Crippen molar-refractivity contribution in [1.29, 1.82) is 0 Å². The fraction of sp³-hybridized carbons (Fsp3) is 0.167. The Morgan fingerprint density at radius 1 is 1.14 bits per heavy atom. The Morgan fingerprint density at radius 3 is 2.64 bits per heavy atom. The SMILES string of the molecule is CC(Oc1ccccc1F)C(=O)NNC(=O)Cn1nnc2ccccc2c1=O. The zero-order valence-corrected chi connectivity index (χ0v) is 14.8. The molecule has 1 aromatic heterocycles. The van der Waals surface area contributed by atoms with E-state index < -0.39 is 35.8 Å². The van der Waals surface area contributed by atoms with Crippen molar-refractivity contribution in [2.75, 3.05) is 0 Å². The predicted molar refractivity (Wildman–Crippen MR) is 96.6 cm³/mol. The first-order valence-corrected chi connectivity index (χ1v) is 8.28. The molecule has 0 aliphatic carbocycles. The monoisotopic (exact) mass is 385 g/mol. The van der Waals surface area contributed by atoms with Gasteiger partial charge < -0.3 is 4.74 Å². The maximum absolute atomic E-state index is 13.5. The molecular formula is C18H16FN5O4. The lowest BCUT2D eigenvalue weighted by Crippen LogP contribution is -2.48. The Labute approximate surface area is 158 Å². The summed E-state index contributed by atoms with van der Waals surface area (Å²) in [4.78, 5) is 36.3. The average Bonchev–Trinajstić information content (AvgIpc) is 2.70. The summed E-state index contributed by atoms with van der Waals surface area (Å²) >= 11 is 0. The topological polar surface area (TPSA) is 115 Å². The number of aromatic nitrogens is 3. The van der Waals surface area contributed by atoms with Gasteiger partial charge in [0, 0.05) is 0 Å². The van der Waals surface area contributed by atoms with Crippen LogP contribution in [-0.2, 0) is 16.1 Å². The van der Waals surface area contributed by atoms with Gasteiger partial charge in [-0.25, -0.2) is 9.07 Å².